The van der Waals surface area contributed by atoms with Gasteiger partial charge in [-0.3, -0.25) is 19.1 Å². The summed E-state index contributed by atoms with van der Waals surface area (Å²) in [5, 5.41) is 4.93. The van der Waals surface area contributed by atoms with Crippen molar-refractivity contribution in [2.45, 2.75) is 32.9 Å². The molecule has 0 saturated carbocycles. The molecule has 0 aliphatic carbocycles. The fourth-order valence-electron chi connectivity index (χ4n) is 2.17. The van der Waals surface area contributed by atoms with Crippen molar-refractivity contribution in [1.29, 1.82) is 0 Å². The van der Waals surface area contributed by atoms with Crippen molar-refractivity contribution in [2.75, 3.05) is 0 Å². The van der Waals surface area contributed by atoms with Crippen molar-refractivity contribution in [3.8, 4) is 0 Å². The molecular weight excluding hydrogens is 302 g/mol. The highest BCUT2D eigenvalue weighted by Crippen LogP contribution is 2.25. The number of carbonyl (C=O) groups is 1. The van der Waals surface area contributed by atoms with Crippen molar-refractivity contribution < 1.29 is 4.79 Å². The summed E-state index contributed by atoms with van der Waals surface area (Å²) in [6, 6.07) is 5.10. The molecule has 0 aliphatic heterocycles. The van der Waals surface area contributed by atoms with E-state index in [0.717, 1.165) is 11.3 Å². The first kappa shape index (κ1) is 16.2. The van der Waals surface area contributed by atoms with Gasteiger partial charge in [-0.25, -0.2) is 4.79 Å². The Hall–Kier alpha value is -2.15. The lowest BCUT2D eigenvalue weighted by Gasteiger charge is -2.19. The first-order chi connectivity index (χ1) is 10.5. The number of nitrogens with zero attached hydrogens (tertiary/aromatic N) is 1. The minimum atomic E-state index is -0.584. The molecule has 0 fully saturated rings. The molecule has 0 spiro atoms. The fourth-order valence-corrected chi connectivity index (χ4v) is 2.96. The molecule has 6 nitrogen and oxygen atoms in total. The van der Waals surface area contributed by atoms with Gasteiger partial charge < -0.3 is 5.32 Å². The van der Waals surface area contributed by atoms with Gasteiger partial charge in [0, 0.05) is 17.1 Å². The van der Waals surface area contributed by atoms with Gasteiger partial charge in [0.2, 0.25) is 5.91 Å². The van der Waals surface area contributed by atoms with E-state index in [-0.39, 0.29) is 18.5 Å². The maximum absolute atomic E-state index is 12.2. The fraction of sp³-hybridized carbons (Fsp3) is 0.400. The van der Waals surface area contributed by atoms with Crippen LogP contribution >= 0.6 is 11.3 Å². The first-order valence-electron chi connectivity index (χ1n) is 7.08. The second-order valence-corrected chi connectivity index (χ2v) is 6.48. The zero-order valence-electron chi connectivity index (χ0n) is 12.5. The van der Waals surface area contributed by atoms with E-state index in [4.69, 9.17) is 0 Å². The third kappa shape index (κ3) is 4.42. The van der Waals surface area contributed by atoms with Crippen LogP contribution in [0.15, 0.2) is 39.4 Å². The van der Waals surface area contributed by atoms with Crippen molar-refractivity contribution >= 4 is 17.2 Å². The minimum Gasteiger partial charge on any atom is -0.347 e. The maximum atomic E-state index is 12.2. The highest BCUT2D eigenvalue weighted by atomic mass is 32.1. The summed E-state index contributed by atoms with van der Waals surface area (Å²) in [6.07, 6.45) is 2.15. The maximum Gasteiger partial charge on any atom is 0.328 e. The summed E-state index contributed by atoms with van der Waals surface area (Å²) in [4.78, 5) is 38.0. The van der Waals surface area contributed by atoms with Crippen molar-refractivity contribution in [3.05, 3.63) is 55.5 Å². The highest BCUT2D eigenvalue weighted by molar-refractivity contribution is 7.10. The van der Waals surface area contributed by atoms with E-state index in [2.05, 4.69) is 24.1 Å². The Morgan fingerprint density at radius 3 is 2.73 bits per heavy atom. The zero-order chi connectivity index (χ0) is 16.1. The topological polar surface area (TPSA) is 84.0 Å². The van der Waals surface area contributed by atoms with Crippen molar-refractivity contribution in [3.63, 3.8) is 0 Å². The lowest BCUT2D eigenvalue weighted by molar-refractivity contribution is -0.122. The SMILES string of the molecule is CC(C)C[C@@H](NC(=O)Cn1ccc(=O)[nH]c1=O)c1cccs1. The number of aromatic nitrogens is 2. The molecule has 7 heteroatoms. The summed E-state index contributed by atoms with van der Waals surface area (Å²) in [6.45, 7) is 4.08. The largest absolute Gasteiger partial charge is 0.347 e. The highest BCUT2D eigenvalue weighted by Gasteiger charge is 2.17. The molecule has 2 heterocycles. The molecule has 0 aliphatic rings. The van der Waals surface area contributed by atoms with Crippen molar-refractivity contribution in [1.82, 2.24) is 14.9 Å². The Morgan fingerprint density at radius 2 is 2.14 bits per heavy atom. The van der Waals surface area contributed by atoms with Gasteiger partial charge in [-0.1, -0.05) is 19.9 Å². The standard InChI is InChI=1S/C15H19N3O3S/c1-10(2)8-11(12-4-3-7-22-12)16-14(20)9-18-6-5-13(19)17-15(18)21/h3-7,10-11H,8-9H2,1-2H3,(H,16,20)(H,17,19,21)/t11-/m1/s1. The monoisotopic (exact) mass is 321 g/mol. The molecule has 0 aromatic carbocycles. The molecule has 2 N–H and O–H groups in total. The molecule has 2 aromatic heterocycles. The van der Waals surface area contributed by atoms with Crippen LogP contribution in [0.5, 0.6) is 0 Å². The van der Waals surface area contributed by atoms with Gasteiger partial charge in [0.15, 0.2) is 0 Å². The van der Waals surface area contributed by atoms with Crippen LogP contribution in [0, 0.1) is 5.92 Å². The molecule has 0 radical (unpaired) electrons. The van der Waals surface area contributed by atoms with E-state index in [1.807, 2.05) is 17.5 Å². The van der Waals surface area contributed by atoms with Gasteiger partial charge >= 0.3 is 5.69 Å². The molecular formula is C15H19N3O3S. The van der Waals surface area contributed by atoms with Gasteiger partial charge in [0.1, 0.15) is 6.54 Å². The third-order valence-corrected chi connectivity index (χ3v) is 4.13. The molecule has 1 amide bonds. The number of hydrogen-bond donors (Lipinski definition) is 2. The van der Waals surface area contributed by atoms with E-state index in [9.17, 15) is 14.4 Å². The van der Waals surface area contributed by atoms with E-state index in [1.165, 1.54) is 16.8 Å². The average molecular weight is 321 g/mol. The van der Waals surface area contributed by atoms with Gasteiger partial charge in [-0.2, -0.15) is 0 Å². The summed E-state index contributed by atoms with van der Waals surface area (Å²) in [5.74, 6) is 0.177. The predicted octanol–water partition coefficient (Wildman–Crippen LogP) is 1.50. The second kappa shape index (κ2) is 7.22. The number of thiophene rings is 1. The number of nitrogens with one attached hydrogen (secondary N) is 2. The van der Waals surface area contributed by atoms with E-state index in [1.54, 1.807) is 11.3 Å². The minimum absolute atomic E-state index is 0.0639. The smallest absolute Gasteiger partial charge is 0.328 e. The lowest BCUT2D eigenvalue weighted by atomic mass is 10.0. The van der Waals surface area contributed by atoms with Gasteiger partial charge in [0.25, 0.3) is 5.56 Å². The number of H-pyrrole nitrogens is 1. The quantitative estimate of drug-likeness (QED) is 0.845. The molecule has 0 unspecified atom stereocenters. The Bertz CT molecular complexity index is 731. The van der Waals surface area contributed by atoms with Gasteiger partial charge in [-0.05, 0) is 23.8 Å². The second-order valence-electron chi connectivity index (χ2n) is 5.50. The number of aromatic amines is 1. The number of hydrogen-bond acceptors (Lipinski definition) is 4. The molecule has 2 rings (SSSR count). The Balaban J connectivity index is 2.08. The van der Waals surface area contributed by atoms with E-state index in [0.29, 0.717) is 5.92 Å². The van der Waals surface area contributed by atoms with Crippen LogP contribution in [0.2, 0.25) is 0 Å². The Kier molecular flexibility index (Phi) is 5.32. The summed E-state index contributed by atoms with van der Waals surface area (Å²) in [7, 11) is 0. The van der Waals surface area contributed by atoms with Crippen LogP contribution in [0.3, 0.4) is 0 Å². The van der Waals surface area contributed by atoms with Crippen LogP contribution in [0.1, 0.15) is 31.2 Å². The van der Waals surface area contributed by atoms with Crippen LogP contribution in [-0.4, -0.2) is 15.5 Å². The molecule has 118 valence electrons. The zero-order valence-corrected chi connectivity index (χ0v) is 13.4. The Morgan fingerprint density at radius 1 is 1.36 bits per heavy atom. The lowest BCUT2D eigenvalue weighted by Crippen LogP contribution is -2.37. The molecule has 1 atom stereocenters. The molecule has 0 saturated heterocycles. The van der Waals surface area contributed by atoms with Crippen LogP contribution in [0.25, 0.3) is 0 Å². The van der Waals surface area contributed by atoms with Gasteiger partial charge in [-0.15, -0.1) is 11.3 Å². The van der Waals surface area contributed by atoms with E-state index >= 15 is 0 Å². The average Bonchev–Trinajstić information content (AvgIpc) is 2.95. The molecule has 22 heavy (non-hydrogen) atoms. The van der Waals surface area contributed by atoms with Crippen LogP contribution < -0.4 is 16.6 Å². The van der Waals surface area contributed by atoms with Crippen molar-refractivity contribution in [2.24, 2.45) is 5.92 Å². The Labute approximate surface area is 131 Å². The summed E-state index contributed by atoms with van der Waals surface area (Å²) in [5.41, 5.74) is -1.06. The van der Waals surface area contributed by atoms with E-state index < -0.39 is 11.2 Å². The third-order valence-electron chi connectivity index (χ3n) is 3.14. The van der Waals surface area contributed by atoms with Crippen LogP contribution in [-0.2, 0) is 11.3 Å². The number of amides is 1. The summed E-state index contributed by atoms with van der Waals surface area (Å²) < 4.78 is 1.18. The number of carbonyl (C=O) groups excluding carboxylic acids is 1. The van der Waals surface area contributed by atoms with Gasteiger partial charge in [0.05, 0.1) is 6.04 Å². The summed E-state index contributed by atoms with van der Waals surface area (Å²) >= 11 is 1.60. The van der Waals surface area contributed by atoms with Crippen LogP contribution in [0.4, 0.5) is 0 Å². The first-order valence-corrected chi connectivity index (χ1v) is 7.96. The molecule has 0 bridgehead atoms. The normalized spacial score (nSPS) is 12.3. The molecule has 2 aromatic rings. The predicted molar refractivity (Wildman–Crippen MR) is 86.0 cm³/mol. The number of rotatable bonds is 6.